The molecule has 1 N–H and O–H groups in total. The largest absolute Gasteiger partial charge is 0.497 e. The number of halogens is 2. The molecular weight excluding hydrogens is 732 g/mol. The van der Waals surface area contributed by atoms with Gasteiger partial charge >= 0.3 is 0 Å². The minimum absolute atomic E-state index is 0.231. The Morgan fingerprint density at radius 3 is 2.51 bits per heavy atom. The number of aromatic nitrogens is 1. The van der Waals surface area contributed by atoms with Crippen LogP contribution in [0.1, 0.15) is 29.7 Å². The zero-order valence-corrected chi connectivity index (χ0v) is 28.6. The number of anilines is 1. The molecule has 0 spiro atoms. The maximum atomic E-state index is 14.2. The summed E-state index contributed by atoms with van der Waals surface area (Å²) in [7, 11) is 3.12. The summed E-state index contributed by atoms with van der Waals surface area (Å²) in [5.41, 5.74) is 3.47. The van der Waals surface area contributed by atoms with Crippen molar-refractivity contribution in [3.8, 4) is 17.2 Å². The molecule has 238 valence electrons. The van der Waals surface area contributed by atoms with Crippen molar-refractivity contribution in [2.24, 2.45) is 4.99 Å². The molecule has 0 unspecified atom stereocenters. The number of hydrogen-bond donors (Lipinski definition) is 1. The smallest absolute Gasteiger partial charge is 0.271 e. The molecule has 0 bridgehead atoms. The lowest BCUT2D eigenvalue weighted by Gasteiger charge is -2.25. The topological polar surface area (TPSA) is 91.2 Å². The first-order valence-corrected chi connectivity index (χ1v) is 16.4. The number of nitrogens with zero attached hydrogens (tertiary/aromatic N) is 2. The van der Waals surface area contributed by atoms with Crippen LogP contribution in [0.15, 0.2) is 112 Å². The highest BCUT2D eigenvalue weighted by atomic mass is 127. The molecule has 1 atom stereocenters. The third kappa shape index (κ3) is 6.86. The van der Waals surface area contributed by atoms with E-state index in [1.54, 1.807) is 62.1 Å². The molecule has 11 heteroatoms. The Morgan fingerprint density at radius 1 is 1.02 bits per heavy atom. The van der Waals surface area contributed by atoms with Crippen molar-refractivity contribution in [3.63, 3.8) is 0 Å². The number of carbonyl (C=O) groups is 1. The predicted octanol–water partition coefficient (Wildman–Crippen LogP) is 6.21. The van der Waals surface area contributed by atoms with Gasteiger partial charge in [-0.25, -0.2) is 9.38 Å². The van der Waals surface area contributed by atoms with E-state index in [1.807, 2.05) is 48.5 Å². The summed E-state index contributed by atoms with van der Waals surface area (Å²) in [6.45, 7) is 2.01. The number of rotatable bonds is 9. The van der Waals surface area contributed by atoms with Crippen LogP contribution in [-0.2, 0) is 11.4 Å². The molecule has 1 amide bonds. The molecular formula is C36H29FIN3O5S. The average molecular weight is 762 g/mol. The fraction of sp³-hybridized carbons (Fsp3) is 0.139. The van der Waals surface area contributed by atoms with E-state index in [0.717, 1.165) is 14.7 Å². The van der Waals surface area contributed by atoms with E-state index >= 15 is 0 Å². The van der Waals surface area contributed by atoms with Gasteiger partial charge in [0, 0.05) is 5.69 Å². The van der Waals surface area contributed by atoms with E-state index in [-0.39, 0.29) is 23.9 Å². The SMILES string of the molecule is COc1cccc([C@H]2C(C(=O)Nc3ccccc3)=C(C)N=c3s/c(=C\c4cc(I)c(OCc5ccc(F)cc5)c(OC)c4)c(=O)n32)c1. The number of hydrogen-bond acceptors (Lipinski definition) is 7. The highest BCUT2D eigenvalue weighted by Gasteiger charge is 2.33. The van der Waals surface area contributed by atoms with Gasteiger partial charge in [0.05, 0.1) is 39.6 Å². The number of para-hydroxylation sites is 1. The van der Waals surface area contributed by atoms with Gasteiger partial charge in [0.25, 0.3) is 11.5 Å². The summed E-state index contributed by atoms with van der Waals surface area (Å²) in [5, 5.41) is 2.96. The van der Waals surface area contributed by atoms with Crippen LogP contribution in [0.3, 0.4) is 0 Å². The summed E-state index contributed by atoms with van der Waals surface area (Å²) in [5.74, 6) is 0.967. The molecule has 6 rings (SSSR count). The molecule has 8 nitrogen and oxygen atoms in total. The van der Waals surface area contributed by atoms with Crippen LogP contribution in [-0.4, -0.2) is 24.7 Å². The Bertz CT molecular complexity index is 2180. The quantitative estimate of drug-likeness (QED) is 0.181. The zero-order chi connectivity index (χ0) is 33.1. The normalized spacial score (nSPS) is 14.3. The second-order valence-corrected chi connectivity index (χ2v) is 12.8. The first kappa shape index (κ1) is 32.2. The predicted molar refractivity (Wildman–Crippen MR) is 188 cm³/mol. The molecule has 1 aliphatic rings. The van der Waals surface area contributed by atoms with Gasteiger partial charge in [-0.15, -0.1) is 0 Å². The van der Waals surface area contributed by atoms with Gasteiger partial charge in [0.1, 0.15) is 18.2 Å². The van der Waals surface area contributed by atoms with Crippen LogP contribution in [0.25, 0.3) is 6.08 Å². The number of methoxy groups -OCH3 is 2. The van der Waals surface area contributed by atoms with Crippen molar-refractivity contribution in [2.75, 3.05) is 19.5 Å². The Labute approximate surface area is 287 Å². The van der Waals surface area contributed by atoms with E-state index in [2.05, 4.69) is 27.9 Å². The third-order valence-corrected chi connectivity index (χ3v) is 9.34. The Kier molecular flexibility index (Phi) is 9.55. The molecule has 0 saturated carbocycles. The maximum absolute atomic E-state index is 14.2. The highest BCUT2D eigenvalue weighted by molar-refractivity contribution is 14.1. The van der Waals surface area contributed by atoms with Gasteiger partial charge in [0.15, 0.2) is 16.3 Å². The summed E-state index contributed by atoms with van der Waals surface area (Å²) in [6.07, 6.45) is 1.78. The molecule has 1 aromatic heterocycles. The molecule has 0 radical (unpaired) electrons. The minimum atomic E-state index is -0.746. The van der Waals surface area contributed by atoms with Crippen LogP contribution in [0.4, 0.5) is 10.1 Å². The summed E-state index contributed by atoms with van der Waals surface area (Å²) < 4.78 is 33.3. The molecule has 2 heterocycles. The van der Waals surface area contributed by atoms with Gasteiger partial charge in [-0.05, 0) is 101 Å². The fourth-order valence-corrected chi connectivity index (χ4v) is 7.14. The van der Waals surface area contributed by atoms with E-state index in [4.69, 9.17) is 19.2 Å². The number of nitrogens with one attached hydrogen (secondary N) is 1. The van der Waals surface area contributed by atoms with Crippen molar-refractivity contribution in [1.29, 1.82) is 0 Å². The van der Waals surface area contributed by atoms with Crippen molar-refractivity contribution in [1.82, 2.24) is 4.57 Å². The number of amides is 1. The number of allylic oxidation sites excluding steroid dienone is 1. The lowest BCUT2D eigenvalue weighted by atomic mass is 9.95. The lowest BCUT2D eigenvalue weighted by molar-refractivity contribution is -0.113. The van der Waals surface area contributed by atoms with Gasteiger partial charge < -0.3 is 19.5 Å². The van der Waals surface area contributed by atoms with Crippen molar-refractivity contribution < 1.29 is 23.4 Å². The number of thiazole rings is 1. The van der Waals surface area contributed by atoms with Crippen LogP contribution in [0, 0.1) is 9.39 Å². The first-order valence-electron chi connectivity index (χ1n) is 14.5. The Morgan fingerprint density at radius 2 is 1.79 bits per heavy atom. The fourth-order valence-electron chi connectivity index (χ4n) is 5.31. The number of fused-ring (bicyclic) bond motifs is 1. The Hall–Kier alpha value is -4.75. The Balaban J connectivity index is 1.41. The van der Waals surface area contributed by atoms with E-state index in [0.29, 0.717) is 49.1 Å². The molecule has 5 aromatic rings. The highest BCUT2D eigenvalue weighted by Crippen LogP contribution is 2.35. The van der Waals surface area contributed by atoms with Crippen molar-refractivity contribution in [2.45, 2.75) is 19.6 Å². The zero-order valence-electron chi connectivity index (χ0n) is 25.6. The van der Waals surface area contributed by atoms with Crippen molar-refractivity contribution in [3.05, 3.63) is 148 Å². The number of carbonyl (C=O) groups excluding carboxylic acids is 1. The summed E-state index contributed by atoms with van der Waals surface area (Å²) >= 11 is 3.41. The number of benzene rings is 4. The second kappa shape index (κ2) is 13.9. The van der Waals surface area contributed by atoms with Gasteiger partial charge in [-0.3, -0.25) is 14.2 Å². The lowest BCUT2D eigenvalue weighted by Crippen LogP contribution is -2.40. The van der Waals surface area contributed by atoms with E-state index < -0.39 is 6.04 Å². The van der Waals surface area contributed by atoms with Gasteiger partial charge in [-0.1, -0.05) is 53.8 Å². The standard InChI is InChI=1S/C36H29FIN3O5S/c1-21-31(34(42)40-26-9-5-4-6-10-26)32(24-8-7-11-27(19-24)44-2)41-35(43)30(47-36(41)39-21)18-23-16-28(38)33(29(17-23)45-3)46-20-22-12-14-25(37)15-13-22/h4-19,32H,20H2,1-3H3,(H,40,42)/b30-18-/t32-/m0/s1. The minimum Gasteiger partial charge on any atom is -0.497 e. The molecule has 1 aliphatic heterocycles. The van der Waals surface area contributed by atoms with Crippen molar-refractivity contribution >= 4 is 51.6 Å². The van der Waals surface area contributed by atoms with Gasteiger partial charge in [0.2, 0.25) is 0 Å². The van der Waals surface area contributed by atoms with E-state index in [9.17, 15) is 14.0 Å². The van der Waals surface area contributed by atoms with Crippen LogP contribution in [0.2, 0.25) is 0 Å². The van der Waals surface area contributed by atoms with Crippen LogP contribution in [0.5, 0.6) is 17.2 Å². The maximum Gasteiger partial charge on any atom is 0.271 e. The third-order valence-electron chi connectivity index (χ3n) is 7.55. The molecule has 0 fully saturated rings. The van der Waals surface area contributed by atoms with E-state index in [1.165, 1.54) is 23.5 Å². The van der Waals surface area contributed by atoms with Gasteiger partial charge in [-0.2, -0.15) is 0 Å². The molecule has 4 aromatic carbocycles. The number of ether oxygens (including phenoxy) is 3. The molecule has 0 saturated heterocycles. The molecule has 0 aliphatic carbocycles. The first-order chi connectivity index (χ1) is 22.7. The summed E-state index contributed by atoms with van der Waals surface area (Å²) in [6, 6.07) is 25.6. The summed E-state index contributed by atoms with van der Waals surface area (Å²) in [4.78, 5) is 33.2. The molecule has 47 heavy (non-hydrogen) atoms. The second-order valence-electron chi connectivity index (χ2n) is 10.6. The average Bonchev–Trinajstić information content (AvgIpc) is 3.37. The van der Waals surface area contributed by atoms with Crippen LogP contribution >= 0.6 is 33.9 Å². The van der Waals surface area contributed by atoms with Crippen LogP contribution < -0.4 is 34.4 Å². The monoisotopic (exact) mass is 761 g/mol.